The third kappa shape index (κ3) is 3.58. The standard InChI is InChI=1S/C13H12Cl2N2O3S/c1-8-5-11(12(20-2)6-10(8)14)17-21(18,19)9-3-4-13(15)16-7-9/h3-7,17H,1-2H3. The molecule has 2 aromatic rings. The number of nitrogens with zero attached hydrogens (tertiary/aromatic N) is 1. The van der Waals surface area contributed by atoms with Crippen LogP contribution in [0.3, 0.4) is 0 Å². The zero-order chi connectivity index (χ0) is 15.6. The molecule has 0 amide bonds. The molecule has 0 saturated carbocycles. The predicted octanol–water partition coefficient (Wildman–Crippen LogP) is 3.51. The molecule has 0 aliphatic heterocycles. The van der Waals surface area contributed by atoms with E-state index in [1.165, 1.54) is 25.4 Å². The molecule has 1 heterocycles. The maximum atomic E-state index is 12.3. The number of rotatable bonds is 4. The Morgan fingerprint density at radius 3 is 2.52 bits per heavy atom. The fourth-order valence-corrected chi connectivity index (χ4v) is 2.91. The van der Waals surface area contributed by atoms with Crippen LogP contribution in [0.15, 0.2) is 35.4 Å². The van der Waals surface area contributed by atoms with E-state index in [4.69, 9.17) is 27.9 Å². The highest BCUT2D eigenvalue weighted by molar-refractivity contribution is 7.92. The van der Waals surface area contributed by atoms with Crippen LogP contribution in [-0.4, -0.2) is 20.5 Å². The Kier molecular flexibility index (Phi) is 4.61. The van der Waals surface area contributed by atoms with Crippen molar-refractivity contribution in [3.8, 4) is 5.75 Å². The minimum Gasteiger partial charge on any atom is -0.495 e. The molecule has 2 rings (SSSR count). The first-order chi connectivity index (χ1) is 9.83. The molecule has 112 valence electrons. The Morgan fingerprint density at radius 2 is 1.95 bits per heavy atom. The van der Waals surface area contributed by atoms with E-state index in [0.717, 1.165) is 5.56 Å². The number of methoxy groups -OCH3 is 1. The molecule has 0 atom stereocenters. The molecule has 0 unspecified atom stereocenters. The fourth-order valence-electron chi connectivity index (χ4n) is 1.64. The van der Waals surface area contributed by atoms with Crippen LogP contribution in [0.2, 0.25) is 10.2 Å². The molecule has 0 aliphatic carbocycles. The second kappa shape index (κ2) is 6.09. The molecule has 1 aromatic carbocycles. The number of benzene rings is 1. The number of anilines is 1. The van der Waals surface area contributed by atoms with Gasteiger partial charge in [0.15, 0.2) is 0 Å². The largest absolute Gasteiger partial charge is 0.495 e. The van der Waals surface area contributed by atoms with Gasteiger partial charge in [-0.2, -0.15) is 0 Å². The molecule has 21 heavy (non-hydrogen) atoms. The summed E-state index contributed by atoms with van der Waals surface area (Å²) in [6.07, 6.45) is 1.18. The lowest BCUT2D eigenvalue weighted by Crippen LogP contribution is -2.14. The number of aromatic nitrogens is 1. The van der Waals surface area contributed by atoms with Gasteiger partial charge in [-0.05, 0) is 30.7 Å². The lowest BCUT2D eigenvalue weighted by Gasteiger charge is -2.13. The number of hydrogen-bond donors (Lipinski definition) is 1. The van der Waals surface area contributed by atoms with Crippen molar-refractivity contribution in [2.75, 3.05) is 11.8 Å². The number of hydrogen-bond acceptors (Lipinski definition) is 4. The van der Waals surface area contributed by atoms with Crippen LogP contribution < -0.4 is 9.46 Å². The van der Waals surface area contributed by atoms with E-state index >= 15 is 0 Å². The molecule has 0 aliphatic rings. The van der Waals surface area contributed by atoms with Crippen LogP contribution >= 0.6 is 23.2 Å². The summed E-state index contributed by atoms with van der Waals surface area (Å²) in [4.78, 5) is 3.76. The Balaban J connectivity index is 2.41. The van der Waals surface area contributed by atoms with Gasteiger partial charge in [0.05, 0.1) is 12.8 Å². The molecule has 0 radical (unpaired) electrons. The van der Waals surface area contributed by atoms with E-state index < -0.39 is 10.0 Å². The minimum absolute atomic E-state index is 0.00144. The van der Waals surface area contributed by atoms with Crippen LogP contribution in [0.25, 0.3) is 0 Å². The van der Waals surface area contributed by atoms with Crippen LogP contribution in [-0.2, 0) is 10.0 Å². The van der Waals surface area contributed by atoms with Crippen molar-refractivity contribution < 1.29 is 13.2 Å². The summed E-state index contributed by atoms with van der Waals surface area (Å²) in [6.45, 7) is 1.77. The molecule has 0 bridgehead atoms. The number of aryl methyl sites for hydroxylation is 1. The van der Waals surface area contributed by atoms with Gasteiger partial charge in [0.25, 0.3) is 10.0 Å². The van der Waals surface area contributed by atoms with Crippen molar-refractivity contribution in [2.45, 2.75) is 11.8 Å². The number of pyridine rings is 1. The van der Waals surface area contributed by atoms with Gasteiger partial charge in [0.2, 0.25) is 0 Å². The Labute approximate surface area is 132 Å². The molecule has 0 fully saturated rings. The lowest BCUT2D eigenvalue weighted by molar-refractivity contribution is 0.417. The van der Waals surface area contributed by atoms with Crippen molar-refractivity contribution in [1.82, 2.24) is 4.98 Å². The lowest BCUT2D eigenvalue weighted by atomic mass is 10.2. The Hall–Kier alpha value is -1.50. The minimum atomic E-state index is -3.79. The van der Waals surface area contributed by atoms with Crippen molar-refractivity contribution in [2.24, 2.45) is 0 Å². The van der Waals surface area contributed by atoms with E-state index in [1.807, 2.05) is 0 Å². The summed E-state index contributed by atoms with van der Waals surface area (Å²) >= 11 is 11.6. The number of halogens is 2. The van der Waals surface area contributed by atoms with E-state index in [2.05, 4.69) is 9.71 Å². The summed E-state index contributed by atoms with van der Waals surface area (Å²) in [5.41, 5.74) is 1.03. The monoisotopic (exact) mass is 346 g/mol. The first kappa shape index (κ1) is 15.9. The van der Waals surface area contributed by atoms with Gasteiger partial charge in [-0.15, -0.1) is 0 Å². The second-order valence-corrected chi connectivity index (χ2v) is 6.70. The van der Waals surface area contributed by atoms with E-state index in [-0.39, 0.29) is 10.0 Å². The van der Waals surface area contributed by atoms with Crippen molar-refractivity contribution in [3.05, 3.63) is 46.2 Å². The Bertz CT molecular complexity index is 762. The van der Waals surface area contributed by atoms with E-state index in [0.29, 0.717) is 16.5 Å². The number of nitrogens with one attached hydrogen (secondary N) is 1. The summed E-state index contributed by atoms with van der Waals surface area (Å²) in [6, 6.07) is 5.92. The van der Waals surface area contributed by atoms with Crippen LogP contribution in [0.1, 0.15) is 5.56 Å². The van der Waals surface area contributed by atoms with Gasteiger partial charge in [-0.1, -0.05) is 23.2 Å². The third-order valence-electron chi connectivity index (χ3n) is 2.74. The number of sulfonamides is 1. The van der Waals surface area contributed by atoms with E-state index in [9.17, 15) is 8.42 Å². The average Bonchev–Trinajstić information content (AvgIpc) is 2.42. The Morgan fingerprint density at radius 1 is 1.24 bits per heavy atom. The molecule has 1 N–H and O–H groups in total. The summed E-state index contributed by atoms with van der Waals surface area (Å²) in [5, 5.41) is 0.705. The van der Waals surface area contributed by atoms with E-state index in [1.54, 1.807) is 19.1 Å². The first-order valence-corrected chi connectivity index (χ1v) is 8.06. The van der Waals surface area contributed by atoms with Gasteiger partial charge in [0.1, 0.15) is 15.8 Å². The van der Waals surface area contributed by atoms with Crippen molar-refractivity contribution in [3.63, 3.8) is 0 Å². The molecule has 0 spiro atoms. The molecule has 5 nitrogen and oxygen atoms in total. The maximum Gasteiger partial charge on any atom is 0.263 e. The smallest absolute Gasteiger partial charge is 0.263 e. The van der Waals surface area contributed by atoms with Gasteiger partial charge < -0.3 is 4.74 Å². The predicted molar refractivity (Wildman–Crippen MR) is 82.8 cm³/mol. The SMILES string of the molecule is COc1cc(Cl)c(C)cc1NS(=O)(=O)c1ccc(Cl)nc1. The summed E-state index contributed by atoms with van der Waals surface area (Å²) in [5.74, 6) is 0.330. The molecular formula is C13H12Cl2N2O3S. The third-order valence-corrected chi connectivity index (χ3v) is 4.72. The summed E-state index contributed by atoms with van der Waals surface area (Å²) in [7, 11) is -2.35. The zero-order valence-electron chi connectivity index (χ0n) is 11.2. The number of ether oxygens (including phenoxy) is 1. The zero-order valence-corrected chi connectivity index (χ0v) is 13.6. The molecular weight excluding hydrogens is 335 g/mol. The van der Waals surface area contributed by atoms with Crippen molar-refractivity contribution in [1.29, 1.82) is 0 Å². The molecule has 1 aromatic heterocycles. The van der Waals surface area contributed by atoms with Gasteiger partial charge in [-0.25, -0.2) is 13.4 Å². The fraction of sp³-hybridized carbons (Fsp3) is 0.154. The highest BCUT2D eigenvalue weighted by Gasteiger charge is 2.18. The summed E-state index contributed by atoms with van der Waals surface area (Å²) < 4.78 is 32.2. The average molecular weight is 347 g/mol. The normalized spacial score (nSPS) is 11.2. The molecule has 8 heteroatoms. The quantitative estimate of drug-likeness (QED) is 0.860. The van der Waals surface area contributed by atoms with Gasteiger partial charge >= 0.3 is 0 Å². The van der Waals surface area contributed by atoms with Gasteiger partial charge in [-0.3, -0.25) is 4.72 Å². The van der Waals surface area contributed by atoms with Crippen LogP contribution in [0.4, 0.5) is 5.69 Å². The highest BCUT2D eigenvalue weighted by atomic mass is 35.5. The van der Waals surface area contributed by atoms with Crippen molar-refractivity contribution >= 4 is 38.9 Å². The molecule has 0 saturated heterocycles. The topological polar surface area (TPSA) is 68.3 Å². The second-order valence-electron chi connectivity index (χ2n) is 4.22. The van der Waals surface area contributed by atoms with Gasteiger partial charge in [0, 0.05) is 17.3 Å². The van der Waals surface area contributed by atoms with Crippen LogP contribution in [0.5, 0.6) is 5.75 Å². The van der Waals surface area contributed by atoms with Crippen LogP contribution in [0, 0.1) is 6.92 Å². The maximum absolute atomic E-state index is 12.3. The first-order valence-electron chi connectivity index (χ1n) is 5.82. The highest BCUT2D eigenvalue weighted by Crippen LogP contribution is 2.32.